The predicted octanol–water partition coefficient (Wildman–Crippen LogP) is 3.66. The third-order valence-corrected chi connectivity index (χ3v) is 3.02. The molecule has 0 fully saturated rings. The van der Waals surface area contributed by atoms with Crippen molar-refractivity contribution in [3.8, 4) is 23.0 Å². The van der Waals surface area contributed by atoms with Crippen LogP contribution in [0.4, 0.5) is 0 Å². The summed E-state index contributed by atoms with van der Waals surface area (Å²) >= 11 is 0. The molecule has 0 spiro atoms. The molecule has 2 aromatic rings. The Bertz CT molecular complexity index is 733. The normalized spacial score (nSPS) is 12.5. The SMILES string of the molecule is CO/C=C(/C(=O)O)c1cccc2c1Oc1ccccc1O2. The van der Waals surface area contributed by atoms with Crippen LogP contribution in [0.1, 0.15) is 5.56 Å². The Hall–Kier alpha value is -2.95. The van der Waals surface area contributed by atoms with Gasteiger partial charge in [0, 0.05) is 5.56 Å². The number of carboxylic acid groups (broad SMARTS) is 1. The van der Waals surface area contributed by atoms with Crippen LogP contribution in [0.2, 0.25) is 0 Å². The van der Waals surface area contributed by atoms with Crippen LogP contribution in [0.25, 0.3) is 5.57 Å². The van der Waals surface area contributed by atoms with Gasteiger partial charge in [0.25, 0.3) is 0 Å². The number of methoxy groups -OCH3 is 1. The zero-order valence-electron chi connectivity index (χ0n) is 11.2. The maximum absolute atomic E-state index is 11.4. The molecular weight excluding hydrogens is 272 g/mol. The maximum Gasteiger partial charge on any atom is 0.339 e. The predicted molar refractivity (Wildman–Crippen MR) is 75.7 cm³/mol. The van der Waals surface area contributed by atoms with Crippen molar-refractivity contribution in [2.24, 2.45) is 0 Å². The van der Waals surface area contributed by atoms with E-state index in [-0.39, 0.29) is 5.57 Å². The third kappa shape index (κ3) is 2.29. The van der Waals surface area contributed by atoms with Crippen LogP contribution in [0.5, 0.6) is 23.0 Å². The van der Waals surface area contributed by atoms with E-state index in [0.29, 0.717) is 28.6 Å². The Labute approximate surface area is 121 Å². The van der Waals surface area contributed by atoms with Crippen molar-refractivity contribution in [2.45, 2.75) is 0 Å². The first-order chi connectivity index (χ1) is 10.2. The van der Waals surface area contributed by atoms with Crippen molar-refractivity contribution < 1.29 is 24.1 Å². The number of aliphatic carboxylic acids is 1. The Balaban J connectivity index is 2.12. The number of carboxylic acids is 1. The molecule has 2 aromatic carbocycles. The Morgan fingerprint density at radius 2 is 1.71 bits per heavy atom. The summed E-state index contributed by atoms with van der Waals surface area (Å²) in [6, 6.07) is 12.3. The van der Waals surface area contributed by atoms with E-state index in [9.17, 15) is 9.90 Å². The summed E-state index contributed by atoms with van der Waals surface area (Å²) in [5.41, 5.74) is 0.397. The summed E-state index contributed by atoms with van der Waals surface area (Å²) in [5, 5.41) is 9.31. The van der Waals surface area contributed by atoms with E-state index in [1.165, 1.54) is 13.4 Å². The Kier molecular flexibility index (Phi) is 3.23. The summed E-state index contributed by atoms with van der Waals surface area (Å²) in [7, 11) is 1.39. The molecule has 3 rings (SSSR count). The average molecular weight is 284 g/mol. The van der Waals surface area contributed by atoms with Crippen molar-refractivity contribution in [2.75, 3.05) is 7.11 Å². The molecule has 0 atom stereocenters. The summed E-state index contributed by atoms with van der Waals surface area (Å²) in [6.45, 7) is 0. The lowest BCUT2D eigenvalue weighted by Crippen LogP contribution is -2.06. The highest BCUT2D eigenvalue weighted by Crippen LogP contribution is 2.48. The number of para-hydroxylation sites is 3. The summed E-state index contributed by atoms with van der Waals surface area (Å²) in [4.78, 5) is 11.4. The molecule has 21 heavy (non-hydrogen) atoms. The second-order valence-electron chi connectivity index (χ2n) is 4.36. The fraction of sp³-hybridized carbons (Fsp3) is 0.0625. The lowest BCUT2D eigenvalue weighted by molar-refractivity contribution is -0.130. The van der Waals surface area contributed by atoms with Crippen LogP contribution < -0.4 is 9.47 Å². The molecule has 1 heterocycles. The zero-order chi connectivity index (χ0) is 14.8. The van der Waals surface area contributed by atoms with E-state index >= 15 is 0 Å². The standard InChI is InChI=1S/C16H12O5/c1-19-9-11(16(17)18)10-5-4-8-14-15(10)21-13-7-3-2-6-12(13)20-14/h2-9H,1H3,(H,17,18)/b11-9+. The van der Waals surface area contributed by atoms with Crippen LogP contribution in [0.15, 0.2) is 48.7 Å². The van der Waals surface area contributed by atoms with Gasteiger partial charge in [0.05, 0.1) is 13.4 Å². The quantitative estimate of drug-likeness (QED) is 0.587. The smallest absolute Gasteiger partial charge is 0.339 e. The molecule has 1 aliphatic heterocycles. The van der Waals surface area contributed by atoms with Crippen LogP contribution in [0.3, 0.4) is 0 Å². The van der Waals surface area contributed by atoms with E-state index in [4.69, 9.17) is 14.2 Å². The number of benzene rings is 2. The molecule has 5 nitrogen and oxygen atoms in total. The first kappa shape index (κ1) is 13.1. The fourth-order valence-electron chi connectivity index (χ4n) is 2.11. The van der Waals surface area contributed by atoms with E-state index in [2.05, 4.69) is 0 Å². The molecule has 1 aliphatic rings. The van der Waals surface area contributed by atoms with Crippen molar-refractivity contribution in [3.05, 3.63) is 54.3 Å². The largest absolute Gasteiger partial charge is 0.503 e. The highest BCUT2D eigenvalue weighted by atomic mass is 16.6. The lowest BCUT2D eigenvalue weighted by Gasteiger charge is -2.22. The molecule has 1 N–H and O–H groups in total. The highest BCUT2D eigenvalue weighted by Gasteiger charge is 2.25. The monoisotopic (exact) mass is 284 g/mol. The summed E-state index contributed by atoms with van der Waals surface area (Å²) in [6.07, 6.45) is 1.17. The molecule has 0 bridgehead atoms. The molecule has 0 aliphatic carbocycles. The summed E-state index contributed by atoms with van der Waals surface area (Å²) in [5.74, 6) is 0.860. The molecule has 5 heteroatoms. The fourth-order valence-corrected chi connectivity index (χ4v) is 2.11. The number of hydrogen-bond acceptors (Lipinski definition) is 4. The van der Waals surface area contributed by atoms with Gasteiger partial charge in [-0.25, -0.2) is 4.79 Å². The molecule has 0 radical (unpaired) electrons. The molecule has 0 saturated carbocycles. The van der Waals surface area contributed by atoms with Gasteiger partial charge in [-0.3, -0.25) is 0 Å². The highest BCUT2D eigenvalue weighted by molar-refractivity contribution is 6.16. The minimum atomic E-state index is -1.10. The van der Waals surface area contributed by atoms with Gasteiger partial charge in [0.15, 0.2) is 23.0 Å². The van der Waals surface area contributed by atoms with Gasteiger partial charge in [-0.05, 0) is 24.3 Å². The van der Waals surface area contributed by atoms with Crippen molar-refractivity contribution in [1.82, 2.24) is 0 Å². The van der Waals surface area contributed by atoms with Crippen molar-refractivity contribution in [1.29, 1.82) is 0 Å². The number of rotatable bonds is 3. The first-order valence-corrected chi connectivity index (χ1v) is 6.25. The van der Waals surface area contributed by atoms with Gasteiger partial charge >= 0.3 is 5.97 Å². The Morgan fingerprint density at radius 3 is 2.38 bits per heavy atom. The topological polar surface area (TPSA) is 65.0 Å². The van der Waals surface area contributed by atoms with Crippen LogP contribution in [0, 0.1) is 0 Å². The molecule has 0 amide bonds. The maximum atomic E-state index is 11.4. The number of fused-ring (bicyclic) bond motifs is 2. The first-order valence-electron chi connectivity index (χ1n) is 6.25. The number of carbonyl (C=O) groups is 1. The molecule has 0 saturated heterocycles. The van der Waals surface area contributed by atoms with Crippen molar-refractivity contribution >= 4 is 11.5 Å². The van der Waals surface area contributed by atoms with Crippen molar-refractivity contribution in [3.63, 3.8) is 0 Å². The van der Waals surface area contributed by atoms with E-state index in [1.807, 2.05) is 12.1 Å². The van der Waals surface area contributed by atoms with Gasteiger partial charge in [-0.1, -0.05) is 18.2 Å². The van der Waals surface area contributed by atoms with E-state index in [0.717, 1.165) is 0 Å². The van der Waals surface area contributed by atoms with E-state index < -0.39 is 5.97 Å². The van der Waals surface area contributed by atoms with Gasteiger partial charge < -0.3 is 19.3 Å². The average Bonchev–Trinajstić information content (AvgIpc) is 2.50. The van der Waals surface area contributed by atoms with Crippen LogP contribution >= 0.6 is 0 Å². The van der Waals surface area contributed by atoms with Gasteiger partial charge in [0.1, 0.15) is 5.57 Å². The number of hydrogen-bond donors (Lipinski definition) is 1. The second kappa shape index (κ2) is 5.20. The van der Waals surface area contributed by atoms with Crippen LogP contribution in [-0.4, -0.2) is 18.2 Å². The molecular formula is C16H12O5. The van der Waals surface area contributed by atoms with E-state index in [1.54, 1.807) is 30.3 Å². The second-order valence-corrected chi connectivity index (χ2v) is 4.36. The minimum Gasteiger partial charge on any atom is -0.503 e. The van der Waals surface area contributed by atoms with Gasteiger partial charge in [-0.2, -0.15) is 0 Å². The molecule has 106 valence electrons. The molecule has 0 aromatic heterocycles. The lowest BCUT2D eigenvalue weighted by atomic mass is 10.0. The molecule has 0 unspecified atom stereocenters. The Morgan fingerprint density at radius 1 is 1.05 bits per heavy atom. The van der Waals surface area contributed by atoms with Gasteiger partial charge in [0.2, 0.25) is 0 Å². The number of ether oxygens (including phenoxy) is 3. The van der Waals surface area contributed by atoms with Crippen LogP contribution in [-0.2, 0) is 9.53 Å². The zero-order valence-corrected chi connectivity index (χ0v) is 11.2. The van der Waals surface area contributed by atoms with Gasteiger partial charge in [-0.15, -0.1) is 0 Å². The minimum absolute atomic E-state index is 0.00247. The summed E-state index contributed by atoms with van der Waals surface area (Å²) < 4.78 is 16.4. The third-order valence-electron chi connectivity index (χ3n) is 3.02.